The van der Waals surface area contributed by atoms with E-state index in [0.29, 0.717) is 17.9 Å². The topological polar surface area (TPSA) is 98.0 Å². The van der Waals surface area contributed by atoms with Crippen molar-refractivity contribution in [3.8, 4) is 6.07 Å². The zero-order chi connectivity index (χ0) is 21.3. The maximum Gasteiger partial charge on any atom is 0.138 e. The summed E-state index contributed by atoms with van der Waals surface area (Å²) >= 11 is 3.46. The summed E-state index contributed by atoms with van der Waals surface area (Å²) in [7, 11) is 0. The molecule has 7 nitrogen and oxygen atoms in total. The Balaban J connectivity index is 1.54. The van der Waals surface area contributed by atoms with Gasteiger partial charge in [-0.3, -0.25) is 0 Å². The van der Waals surface area contributed by atoms with Gasteiger partial charge < -0.3 is 15.3 Å². The van der Waals surface area contributed by atoms with Crippen LogP contribution in [0.25, 0.3) is 0 Å². The minimum absolute atomic E-state index is 0.619. The van der Waals surface area contributed by atoms with Gasteiger partial charge in [0, 0.05) is 34.0 Å². The molecule has 0 saturated carbocycles. The monoisotopic (exact) mass is 464 g/mol. The van der Waals surface area contributed by atoms with Gasteiger partial charge in [-0.05, 0) is 60.5 Å². The first-order valence-corrected chi connectivity index (χ1v) is 10.4. The average Bonchev–Trinajstić information content (AvgIpc) is 2.73. The number of nitrogens with one attached hydrogen (secondary N) is 1. The lowest BCUT2D eigenvalue weighted by atomic mass is 10.0. The maximum absolute atomic E-state index is 10.1. The SMILES string of the molecule is CC(C)(O)c1ccc(Nc2ncnc3c2CCN(c2ccc(C#N)c(Br)c2)C3)nc1. The largest absolute Gasteiger partial charge is 0.386 e. The first-order chi connectivity index (χ1) is 14.3. The Labute approximate surface area is 183 Å². The summed E-state index contributed by atoms with van der Waals surface area (Å²) in [6.45, 7) is 4.94. The summed E-state index contributed by atoms with van der Waals surface area (Å²) in [6.07, 6.45) is 4.02. The molecule has 0 spiro atoms. The van der Waals surface area contributed by atoms with Crippen molar-refractivity contribution in [1.29, 1.82) is 5.26 Å². The molecule has 0 atom stereocenters. The van der Waals surface area contributed by atoms with Crippen molar-refractivity contribution in [3.63, 3.8) is 0 Å². The Hall–Kier alpha value is -3.02. The highest BCUT2D eigenvalue weighted by atomic mass is 79.9. The molecule has 0 bridgehead atoms. The van der Waals surface area contributed by atoms with Crippen LogP contribution >= 0.6 is 15.9 Å². The standard InChI is InChI=1S/C22H21BrN6O/c1-22(2,30)15-4-6-20(25-11-15)28-21-17-7-8-29(12-19(17)26-13-27-21)16-5-3-14(10-24)18(23)9-16/h3-6,9,11,13,30H,7-8,12H2,1-2H3,(H,25,26,27,28). The van der Waals surface area contributed by atoms with Crippen LogP contribution in [0.15, 0.2) is 47.3 Å². The highest BCUT2D eigenvalue weighted by Gasteiger charge is 2.22. The number of aliphatic hydroxyl groups is 1. The van der Waals surface area contributed by atoms with Crippen molar-refractivity contribution in [3.05, 3.63) is 69.7 Å². The molecule has 0 aliphatic carbocycles. The number of fused-ring (bicyclic) bond motifs is 1. The van der Waals surface area contributed by atoms with Crippen molar-refractivity contribution < 1.29 is 5.11 Å². The second-order valence-corrected chi connectivity index (χ2v) is 8.57. The van der Waals surface area contributed by atoms with Gasteiger partial charge in [0.15, 0.2) is 0 Å². The van der Waals surface area contributed by atoms with Crippen LogP contribution in [0.1, 0.15) is 36.2 Å². The number of nitrogens with zero attached hydrogens (tertiary/aromatic N) is 5. The van der Waals surface area contributed by atoms with E-state index in [-0.39, 0.29) is 0 Å². The van der Waals surface area contributed by atoms with E-state index in [1.165, 1.54) is 0 Å². The van der Waals surface area contributed by atoms with Crippen molar-refractivity contribution in [1.82, 2.24) is 15.0 Å². The highest BCUT2D eigenvalue weighted by molar-refractivity contribution is 9.10. The summed E-state index contributed by atoms with van der Waals surface area (Å²) in [6, 6.07) is 11.6. The fraction of sp³-hybridized carbons (Fsp3) is 0.273. The lowest BCUT2D eigenvalue weighted by Gasteiger charge is -2.31. The van der Waals surface area contributed by atoms with Gasteiger partial charge in [-0.1, -0.05) is 6.07 Å². The predicted octanol–water partition coefficient (Wildman–Crippen LogP) is 4.04. The van der Waals surface area contributed by atoms with Crippen LogP contribution in [0.4, 0.5) is 17.3 Å². The third kappa shape index (κ3) is 4.13. The van der Waals surface area contributed by atoms with Crippen LogP contribution < -0.4 is 10.2 Å². The Kier molecular flexibility index (Phi) is 5.41. The highest BCUT2D eigenvalue weighted by Crippen LogP contribution is 2.30. The molecule has 4 rings (SSSR count). The fourth-order valence-corrected chi connectivity index (χ4v) is 3.88. The minimum Gasteiger partial charge on any atom is -0.386 e. The molecular weight excluding hydrogens is 444 g/mol. The summed E-state index contributed by atoms with van der Waals surface area (Å²) < 4.78 is 0.791. The van der Waals surface area contributed by atoms with E-state index >= 15 is 0 Å². The minimum atomic E-state index is -0.927. The summed E-state index contributed by atoms with van der Waals surface area (Å²) in [5, 5.41) is 22.5. The zero-order valence-electron chi connectivity index (χ0n) is 16.7. The number of aromatic nitrogens is 3. The lowest BCUT2D eigenvalue weighted by molar-refractivity contribution is 0.0782. The van der Waals surface area contributed by atoms with Gasteiger partial charge in [-0.15, -0.1) is 0 Å². The van der Waals surface area contributed by atoms with Crippen LogP contribution in [0.3, 0.4) is 0 Å². The van der Waals surface area contributed by atoms with E-state index in [1.807, 2.05) is 30.3 Å². The summed E-state index contributed by atoms with van der Waals surface area (Å²) in [5.41, 5.74) is 3.53. The second-order valence-electron chi connectivity index (χ2n) is 7.71. The molecule has 0 unspecified atom stereocenters. The molecule has 0 radical (unpaired) electrons. The van der Waals surface area contributed by atoms with Crippen LogP contribution in [0.2, 0.25) is 0 Å². The molecule has 8 heteroatoms. The molecule has 2 aromatic heterocycles. The number of anilines is 3. The zero-order valence-corrected chi connectivity index (χ0v) is 18.3. The molecule has 2 N–H and O–H groups in total. The lowest BCUT2D eigenvalue weighted by Crippen LogP contribution is -2.31. The summed E-state index contributed by atoms with van der Waals surface area (Å²) in [5.74, 6) is 1.42. The van der Waals surface area contributed by atoms with E-state index in [2.05, 4.69) is 47.2 Å². The smallest absolute Gasteiger partial charge is 0.138 e. The molecule has 30 heavy (non-hydrogen) atoms. The number of pyridine rings is 1. The Morgan fingerprint density at radius 1 is 1.20 bits per heavy atom. The van der Waals surface area contributed by atoms with E-state index in [1.54, 1.807) is 26.4 Å². The molecular formula is C22H21BrN6O. The summed E-state index contributed by atoms with van der Waals surface area (Å²) in [4.78, 5) is 15.6. The van der Waals surface area contributed by atoms with E-state index in [4.69, 9.17) is 5.26 Å². The maximum atomic E-state index is 10.1. The Morgan fingerprint density at radius 3 is 2.70 bits per heavy atom. The van der Waals surface area contributed by atoms with Gasteiger partial charge >= 0.3 is 0 Å². The average molecular weight is 465 g/mol. The number of nitriles is 1. The van der Waals surface area contributed by atoms with E-state index in [0.717, 1.165) is 45.8 Å². The third-order valence-electron chi connectivity index (χ3n) is 5.16. The quantitative estimate of drug-likeness (QED) is 0.600. The second kappa shape index (κ2) is 8.01. The van der Waals surface area contributed by atoms with Crippen molar-refractivity contribution in [2.75, 3.05) is 16.8 Å². The molecule has 3 heterocycles. The van der Waals surface area contributed by atoms with Crippen LogP contribution in [-0.2, 0) is 18.6 Å². The molecule has 0 saturated heterocycles. The first-order valence-electron chi connectivity index (χ1n) is 9.58. The van der Waals surface area contributed by atoms with E-state index in [9.17, 15) is 5.11 Å². The molecule has 1 aliphatic heterocycles. The van der Waals surface area contributed by atoms with Crippen molar-refractivity contribution in [2.24, 2.45) is 0 Å². The van der Waals surface area contributed by atoms with Gasteiger partial charge in [0.1, 0.15) is 24.0 Å². The Morgan fingerprint density at radius 2 is 2.03 bits per heavy atom. The predicted molar refractivity (Wildman–Crippen MR) is 118 cm³/mol. The van der Waals surface area contributed by atoms with Crippen LogP contribution in [-0.4, -0.2) is 26.6 Å². The first kappa shape index (κ1) is 20.3. The van der Waals surface area contributed by atoms with E-state index < -0.39 is 5.60 Å². The number of halogens is 1. The van der Waals surface area contributed by atoms with Crippen LogP contribution in [0.5, 0.6) is 0 Å². The molecule has 0 fully saturated rings. The normalized spacial score (nSPS) is 13.5. The van der Waals surface area contributed by atoms with Gasteiger partial charge in [0.25, 0.3) is 0 Å². The van der Waals surface area contributed by atoms with Gasteiger partial charge in [0.05, 0.1) is 23.4 Å². The van der Waals surface area contributed by atoms with Gasteiger partial charge in [-0.25, -0.2) is 15.0 Å². The third-order valence-corrected chi connectivity index (χ3v) is 5.82. The molecule has 152 valence electrons. The molecule has 3 aromatic rings. The molecule has 1 aromatic carbocycles. The number of rotatable bonds is 4. The van der Waals surface area contributed by atoms with Gasteiger partial charge in [0.2, 0.25) is 0 Å². The van der Waals surface area contributed by atoms with Crippen molar-refractivity contribution >= 4 is 33.3 Å². The number of benzene rings is 1. The molecule has 0 amide bonds. The number of hydrogen-bond donors (Lipinski definition) is 2. The molecule has 1 aliphatic rings. The Bertz CT molecular complexity index is 1120. The van der Waals surface area contributed by atoms with Gasteiger partial charge in [-0.2, -0.15) is 5.26 Å². The fourth-order valence-electron chi connectivity index (χ4n) is 3.42. The number of hydrogen-bond acceptors (Lipinski definition) is 7. The van der Waals surface area contributed by atoms with Crippen LogP contribution in [0, 0.1) is 11.3 Å². The van der Waals surface area contributed by atoms with Crippen molar-refractivity contribution in [2.45, 2.75) is 32.4 Å².